The summed E-state index contributed by atoms with van der Waals surface area (Å²) in [5, 5.41) is 16.1. The van der Waals surface area contributed by atoms with Gasteiger partial charge in [-0.15, -0.1) is 0 Å². The van der Waals surface area contributed by atoms with E-state index in [1.54, 1.807) is 22.8 Å². The van der Waals surface area contributed by atoms with Crippen molar-refractivity contribution < 1.29 is 14.0 Å². The predicted octanol–water partition coefficient (Wildman–Crippen LogP) is 3.95. The van der Waals surface area contributed by atoms with E-state index in [1.807, 2.05) is 18.2 Å². The normalized spacial score (nSPS) is 16.2. The molecule has 1 saturated heterocycles. The van der Waals surface area contributed by atoms with Crippen molar-refractivity contribution in [2.45, 2.75) is 25.4 Å². The Kier molecular flexibility index (Phi) is 5.68. The van der Waals surface area contributed by atoms with Gasteiger partial charge in [-0.25, -0.2) is 9.18 Å². The summed E-state index contributed by atoms with van der Waals surface area (Å²) in [6.45, 7) is 0.238. The lowest BCUT2D eigenvalue weighted by molar-refractivity contribution is -0.115. The van der Waals surface area contributed by atoms with Gasteiger partial charge in [0.1, 0.15) is 11.5 Å². The Morgan fingerprint density at radius 2 is 2.00 bits per heavy atom. The second kappa shape index (κ2) is 9.17. The van der Waals surface area contributed by atoms with Gasteiger partial charge in [-0.3, -0.25) is 10.1 Å². The highest BCUT2D eigenvalue weighted by Gasteiger charge is 2.26. The van der Waals surface area contributed by atoms with Crippen LogP contribution < -0.4 is 21.3 Å². The number of carbonyl (C=O) groups excluding carboxylic acids is 2. The molecule has 0 spiro atoms. The highest BCUT2D eigenvalue weighted by atomic mass is 35.5. The Morgan fingerprint density at radius 3 is 2.76 bits per heavy atom. The third-order valence-electron chi connectivity index (χ3n) is 5.97. The fourth-order valence-corrected chi connectivity index (χ4v) is 4.23. The number of nitrogens with zero attached hydrogens (tertiary/aromatic N) is 4. The average Bonchev–Trinajstić information content (AvgIpc) is 3.51. The molecule has 0 radical (unpaired) electrons. The van der Waals surface area contributed by atoms with E-state index >= 15 is 0 Å². The molecule has 1 aliphatic carbocycles. The standard InChI is InChI=1S/C25H20ClFN8O2/c26-16-3-1-2-13(8-16)19-7-4-17(27)9-14(19)11-28-23-32-21-15(10-20-22(36)33-25(37)31-20)12-29-35(21)24(34-23)30-18-5-6-18/h1-4,7-10,12,18H,5-6,11H2,(H2,28,30,32,34)(H2,31,33,36,37). The smallest absolute Gasteiger partial charge is 0.326 e. The highest BCUT2D eigenvalue weighted by Crippen LogP contribution is 2.29. The molecular weight excluding hydrogens is 499 g/mol. The van der Waals surface area contributed by atoms with Crippen molar-refractivity contribution in [3.8, 4) is 11.1 Å². The number of benzene rings is 2. The van der Waals surface area contributed by atoms with Crippen LogP contribution in [0.15, 0.2) is 54.4 Å². The van der Waals surface area contributed by atoms with E-state index in [0.29, 0.717) is 27.7 Å². The number of urea groups is 1. The Balaban J connectivity index is 1.35. The van der Waals surface area contributed by atoms with Crippen molar-refractivity contribution >= 4 is 47.2 Å². The van der Waals surface area contributed by atoms with Gasteiger partial charge < -0.3 is 16.0 Å². The largest absolute Gasteiger partial charge is 0.351 e. The monoisotopic (exact) mass is 518 g/mol. The Labute approximate surface area is 215 Å². The van der Waals surface area contributed by atoms with Crippen LogP contribution in [0.4, 0.5) is 21.1 Å². The average molecular weight is 519 g/mol. The van der Waals surface area contributed by atoms with Crippen LogP contribution in [0.2, 0.25) is 5.02 Å². The molecule has 4 N–H and O–H groups in total. The van der Waals surface area contributed by atoms with Crippen LogP contribution in [0.5, 0.6) is 0 Å². The lowest BCUT2D eigenvalue weighted by Crippen LogP contribution is -2.22. The van der Waals surface area contributed by atoms with Crippen LogP contribution in [-0.2, 0) is 11.3 Å². The van der Waals surface area contributed by atoms with Gasteiger partial charge in [0.2, 0.25) is 11.9 Å². The zero-order chi connectivity index (χ0) is 25.5. The van der Waals surface area contributed by atoms with Gasteiger partial charge in [0.05, 0.1) is 6.20 Å². The van der Waals surface area contributed by atoms with Gasteiger partial charge in [-0.05, 0) is 59.9 Å². The summed E-state index contributed by atoms with van der Waals surface area (Å²) < 4.78 is 15.7. The van der Waals surface area contributed by atoms with Gasteiger partial charge in [0.15, 0.2) is 5.65 Å². The van der Waals surface area contributed by atoms with Gasteiger partial charge in [0.25, 0.3) is 5.91 Å². The van der Waals surface area contributed by atoms with Gasteiger partial charge in [-0.1, -0.05) is 29.8 Å². The summed E-state index contributed by atoms with van der Waals surface area (Å²) in [4.78, 5) is 32.7. The lowest BCUT2D eigenvalue weighted by Gasteiger charge is -2.13. The molecule has 12 heteroatoms. The molecule has 10 nitrogen and oxygen atoms in total. The first-order valence-electron chi connectivity index (χ1n) is 11.6. The van der Waals surface area contributed by atoms with Gasteiger partial charge in [-0.2, -0.15) is 19.6 Å². The number of aromatic nitrogens is 4. The maximum absolute atomic E-state index is 14.2. The van der Waals surface area contributed by atoms with Crippen LogP contribution in [0.1, 0.15) is 24.0 Å². The van der Waals surface area contributed by atoms with Crippen molar-refractivity contribution in [3.05, 3.63) is 76.3 Å². The Bertz CT molecular complexity index is 1600. The molecule has 186 valence electrons. The zero-order valence-corrected chi connectivity index (χ0v) is 20.0. The molecule has 1 saturated carbocycles. The summed E-state index contributed by atoms with van der Waals surface area (Å²) in [5.74, 6) is -0.129. The lowest BCUT2D eigenvalue weighted by atomic mass is 9.99. The van der Waals surface area contributed by atoms with Gasteiger partial charge in [0, 0.05) is 23.2 Å². The molecule has 0 atom stereocenters. The number of nitrogens with one attached hydrogen (secondary N) is 4. The molecule has 4 aromatic rings. The van der Waals surface area contributed by atoms with Crippen molar-refractivity contribution in [2.75, 3.05) is 10.6 Å². The molecular formula is C25H20ClFN8O2. The maximum atomic E-state index is 14.2. The van der Waals surface area contributed by atoms with Gasteiger partial charge >= 0.3 is 6.03 Å². The van der Waals surface area contributed by atoms with E-state index in [9.17, 15) is 14.0 Å². The van der Waals surface area contributed by atoms with Crippen LogP contribution in [0.25, 0.3) is 22.9 Å². The van der Waals surface area contributed by atoms with Crippen molar-refractivity contribution in [1.82, 2.24) is 30.2 Å². The summed E-state index contributed by atoms with van der Waals surface area (Å²) in [7, 11) is 0. The quantitative estimate of drug-likeness (QED) is 0.215. The maximum Gasteiger partial charge on any atom is 0.326 e. The number of imide groups is 1. The van der Waals surface area contributed by atoms with Crippen molar-refractivity contribution in [1.29, 1.82) is 0 Å². The molecule has 0 bridgehead atoms. The number of hydrogen-bond donors (Lipinski definition) is 4. The SMILES string of the molecule is O=C1NC(=O)C(=Cc2cnn3c(NC4CC4)nc(NCc4cc(F)ccc4-c4cccc(Cl)c4)nc23)N1. The first-order valence-corrected chi connectivity index (χ1v) is 12.0. The topological polar surface area (TPSA) is 125 Å². The summed E-state index contributed by atoms with van der Waals surface area (Å²) in [6.07, 6.45) is 5.08. The molecule has 2 aromatic heterocycles. The van der Waals surface area contributed by atoms with Crippen LogP contribution in [0, 0.1) is 5.82 Å². The zero-order valence-electron chi connectivity index (χ0n) is 19.3. The van der Waals surface area contributed by atoms with Crippen LogP contribution in [-0.4, -0.2) is 37.6 Å². The van der Waals surface area contributed by atoms with Crippen molar-refractivity contribution in [3.63, 3.8) is 0 Å². The van der Waals surface area contributed by atoms with E-state index in [-0.39, 0.29) is 30.0 Å². The number of carbonyl (C=O) groups is 2. The molecule has 2 fully saturated rings. The minimum atomic E-state index is -0.591. The third kappa shape index (κ3) is 4.81. The Morgan fingerprint density at radius 1 is 1.14 bits per heavy atom. The molecule has 0 unspecified atom stereocenters. The highest BCUT2D eigenvalue weighted by molar-refractivity contribution is 6.30. The second-order valence-electron chi connectivity index (χ2n) is 8.76. The third-order valence-corrected chi connectivity index (χ3v) is 6.20. The number of rotatable bonds is 7. The molecule has 3 amide bonds. The summed E-state index contributed by atoms with van der Waals surface area (Å²) in [5.41, 5.74) is 3.42. The Hall–Kier alpha value is -4.51. The molecule has 37 heavy (non-hydrogen) atoms. The number of fused-ring (bicyclic) bond motifs is 1. The van der Waals surface area contributed by atoms with Crippen LogP contribution >= 0.6 is 11.6 Å². The number of halogens is 2. The molecule has 6 rings (SSSR count). The van der Waals surface area contributed by atoms with E-state index in [0.717, 1.165) is 24.0 Å². The molecule has 1 aliphatic heterocycles. The minimum Gasteiger partial charge on any atom is -0.351 e. The van der Waals surface area contributed by atoms with Crippen molar-refractivity contribution in [2.24, 2.45) is 0 Å². The second-order valence-corrected chi connectivity index (χ2v) is 9.19. The molecule has 2 aliphatic rings. The number of anilines is 2. The number of amides is 3. The fraction of sp³-hybridized carbons (Fsp3) is 0.160. The van der Waals surface area contributed by atoms with E-state index < -0.39 is 11.9 Å². The van der Waals surface area contributed by atoms with E-state index in [4.69, 9.17) is 11.6 Å². The molecule has 2 aromatic carbocycles. The van der Waals surface area contributed by atoms with E-state index in [1.165, 1.54) is 18.2 Å². The molecule has 3 heterocycles. The first kappa shape index (κ1) is 22.9. The number of hydrogen-bond acceptors (Lipinski definition) is 7. The van der Waals surface area contributed by atoms with E-state index in [2.05, 4.69) is 36.3 Å². The van der Waals surface area contributed by atoms with Crippen LogP contribution in [0.3, 0.4) is 0 Å². The fourth-order valence-electron chi connectivity index (χ4n) is 4.04. The first-order chi connectivity index (χ1) is 17.9. The minimum absolute atomic E-state index is 0.0932. The predicted molar refractivity (Wildman–Crippen MR) is 136 cm³/mol. The summed E-state index contributed by atoms with van der Waals surface area (Å²) in [6, 6.07) is 11.6. The summed E-state index contributed by atoms with van der Waals surface area (Å²) >= 11 is 6.17.